The Morgan fingerprint density at radius 2 is 1.69 bits per heavy atom. The van der Waals surface area contributed by atoms with Gasteiger partial charge in [-0.2, -0.15) is 0 Å². The van der Waals surface area contributed by atoms with Crippen LogP contribution in [0.25, 0.3) is 0 Å². The molecule has 0 saturated carbocycles. The van der Waals surface area contributed by atoms with E-state index in [0.717, 1.165) is 16.2 Å². The molecule has 1 aliphatic rings. The number of hydrogen-bond acceptors (Lipinski definition) is 6. The van der Waals surface area contributed by atoms with E-state index in [0.29, 0.717) is 6.61 Å². The Bertz CT molecular complexity index is 678. The van der Waals surface area contributed by atoms with Gasteiger partial charge in [-0.05, 0) is 36.8 Å². The van der Waals surface area contributed by atoms with Crippen LogP contribution in [0.5, 0.6) is 5.75 Å². The molecule has 5 nitrogen and oxygen atoms in total. The first-order valence-corrected chi connectivity index (χ1v) is 9.44. The van der Waals surface area contributed by atoms with E-state index in [4.69, 9.17) is 14.2 Å². The van der Waals surface area contributed by atoms with E-state index in [1.165, 1.54) is 11.8 Å². The number of methoxy groups -OCH3 is 1. The van der Waals surface area contributed by atoms with E-state index >= 15 is 0 Å². The number of aliphatic hydroxyl groups excluding tert-OH is 2. The van der Waals surface area contributed by atoms with Crippen LogP contribution < -0.4 is 4.74 Å². The largest absolute Gasteiger partial charge is 0.497 e. The van der Waals surface area contributed by atoms with Crippen molar-refractivity contribution in [1.82, 2.24) is 0 Å². The average Bonchev–Trinajstić information content (AvgIpc) is 2.67. The lowest BCUT2D eigenvalue weighted by Crippen LogP contribution is -2.56. The lowest BCUT2D eigenvalue weighted by molar-refractivity contribution is -0.210. The first-order chi connectivity index (χ1) is 12.6. The lowest BCUT2D eigenvalue weighted by atomic mass is 10.0. The third-order valence-electron chi connectivity index (χ3n) is 4.38. The third kappa shape index (κ3) is 4.58. The van der Waals surface area contributed by atoms with Crippen LogP contribution in [0.15, 0.2) is 59.5 Å². The summed E-state index contributed by atoms with van der Waals surface area (Å²) < 4.78 is 17.0. The zero-order valence-corrected chi connectivity index (χ0v) is 15.6. The molecule has 1 heterocycles. The minimum absolute atomic E-state index is 0.308. The van der Waals surface area contributed by atoms with Crippen molar-refractivity contribution in [2.45, 2.75) is 48.3 Å². The molecule has 3 rings (SSSR count). The van der Waals surface area contributed by atoms with Crippen LogP contribution in [0.3, 0.4) is 0 Å². The van der Waals surface area contributed by atoms with Gasteiger partial charge in [0.2, 0.25) is 0 Å². The summed E-state index contributed by atoms with van der Waals surface area (Å²) in [5, 5.41) is 20.7. The van der Waals surface area contributed by atoms with Crippen LogP contribution in [0.2, 0.25) is 0 Å². The summed E-state index contributed by atoms with van der Waals surface area (Å²) in [4.78, 5) is 1.02. The number of thioether (sulfide) groups is 1. The Balaban J connectivity index is 1.70. The second-order valence-electron chi connectivity index (χ2n) is 6.25. The van der Waals surface area contributed by atoms with Gasteiger partial charge in [0, 0.05) is 4.90 Å². The van der Waals surface area contributed by atoms with Crippen LogP contribution in [0.1, 0.15) is 12.5 Å². The maximum Gasteiger partial charge on any atom is 0.136 e. The molecule has 5 atom stereocenters. The fourth-order valence-electron chi connectivity index (χ4n) is 2.82. The van der Waals surface area contributed by atoms with Crippen LogP contribution in [0, 0.1) is 0 Å². The molecule has 1 fully saturated rings. The Labute approximate surface area is 157 Å². The van der Waals surface area contributed by atoms with Crippen molar-refractivity contribution < 1.29 is 24.4 Å². The molecule has 0 amide bonds. The first kappa shape index (κ1) is 19.2. The normalized spacial score (nSPS) is 28.7. The standard InChI is InChI=1S/C20H24O5S/c1-13-17(21)18(22)19(20(25-13)26-16-6-4-3-5-7-16)24-12-14-8-10-15(23-2)11-9-14/h3-11,13,17-22H,12H2,1-2H3/t13-,17-,18-,19-,20+/m0/s1. The smallest absolute Gasteiger partial charge is 0.136 e. The predicted molar refractivity (Wildman–Crippen MR) is 100 cm³/mol. The van der Waals surface area contributed by atoms with E-state index in [1.54, 1.807) is 14.0 Å². The van der Waals surface area contributed by atoms with Crippen LogP contribution >= 0.6 is 11.8 Å². The van der Waals surface area contributed by atoms with E-state index in [2.05, 4.69) is 0 Å². The number of ether oxygens (including phenoxy) is 3. The number of hydrogen-bond donors (Lipinski definition) is 2. The van der Waals surface area contributed by atoms with Gasteiger partial charge in [0.25, 0.3) is 0 Å². The summed E-state index contributed by atoms with van der Waals surface area (Å²) in [6, 6.07) is 17.4. The Kier molecular flexibility index (Phi) is 6.56. The first-order valence-electron chi connectivity index (χ1n) is 8.56. The summed E-state index contributed by atoms with van der Waals surface area (Å²) >= 11 is 1.49. The SMILES string of the molecule is COc1ccc(CO[C@H]2[C@@H](O)[C@@H](O)[C@H](C)O[C@@H]2Sc2ccccc2)cc1. The van der Waals surface area contributed by atoms with Gasteiger partial charge in [0.05, 0.1) is 19.8 Å². The molecule has 1 saturated heterocycles. The molecule has 0 radical (unpaired) electrons. The molecule has 0 unspecified atom stereocenters. The molecule has 2 N–H and O–H groups in total. The van der Waals surface area contributed by atoms with Gasteiger partial charge in [0.1, 0.15) is 29.5 Å². The molecule has 1 aliphatic heterocycles. The van der Waals surface area contributed by atoms with Gasteiger partial charge in [-0.3, -0.25) is 0 Å². The van der Waals surface area contributed by atoms with Crippen molar-refractivity contribution in [3.63, 3.8) is 0 Å². The summed E-state index contributed by atoms with van der Waals surface area (Å²) in [7, 11) is 1.62. The number of rotatable bonds is 6. The number of aliphatic hydroxyl groups is 2. The van der Waals surface area contributed by atoms with Gasteiger partial charge in [0.15, 0.2) is 0 Å². The second-order valence-corrected chi connectivity index (χ2v) is 7.42. The van der Waals surface area contributed by atoms with Crippen molar-refractivity contribution in [2.24, 2.45) is 0 Å². The Morgan fingerprint density at radius 1 is 1.00 bits per heavy atom. The zero-order valence-electron chi connectivity index (χ0n) is 14.8. The van der Waals surface area contributed by atoms with Crippen molar-refractivity contribution in [3.8, 4) is 5.75 Å². The fraction of sp³-hybridized carbons (Fsp3) is 0.400. The second kappa shape index (κ2) is 8.88. The molecule has 2 aromatic carbocycles. The van der Waals surface area contributed by atoms with Gasteiger partial charge in [-0.15, -0.1) is 0 Å². The Morgan fingerprint density at radius 3 is 2.35 bits per heavy atom. The van der Waals surface area contributed by atoms with Gasteiger partial charge in [-0.25, -0.2) is 0 Å². The minimum Gasteiger partial charge on any atom is -0.497 e. The molecule has 140 valence electrons. The minimum atomic E-state index is -1.02. The molecular formula is C20H24O5S. The van der Waals surface area contributed by atoms with E-state index in [9.17, 15) is 10.2 Å². The maximum atomic E-state index is 10.5. The molecule has 0 aliphatic carbocycles. The Hall–Kier alpha value is -1.57. The molecule has 0 aromatic heterocycles. The summed E-state index contributed by atoms with van der Waals surface area (Å²) in [5.41, 5.74) is 0.540. The highest BCUT2D eigenvalue weighted by Gasteiger charge is 2.43. The van der Waals surface area contributed by atoms with Gasteiger partial charge < -0.3 is 24.4 Å². The monoisotopic (exact) mass is 376 g/mol. The molecule has 26 heavy (non-hydrogen) atoms. The topological polar surface area (TPSA) is 68.2 Å². The van der Waals surface area contributed by atoms with Crippen LogP contribution in [-0.2, 0) is 16.1 Å². The fourth-order valence-corrected chi connectivity index (χ4v) is 4.01. The highest BCUT2D eigenvalue weighted by Crippen LogP contribution is 2.35. The van der Waals surface area contributed by atoms with Gasteiger partial charge in [-0.1, -0.05) is 42.1 Å². The molecule has 2 aromatic rings. The van der Waals surface area contributed by atoms with E-state index in [1.807, 2.05) is 54.6 Å². The lowest BCUT2D eigenvalue weighted by Gasteiger charge is -2.41. The molecule has 0 spiro atoms. The van der Waals surface area contributed by atoms with E-state index in [-0.39, 0.29) is 0 Å². The average molecular weight is 376 g/mol. The summed E-state index contributed by atoms with van der Waals surface area (Å²) in [5.74, 6) is 0.775. The molecular weight excluding hydrogens is 352 g/mol. The third-order valence-corrected chi connectivity index (χ3v) is 5.54. The van der Waals surface area contributed by atoms with Gasteiger partial charge >= 0.3 is 0 Å². The van der Waals surface area contributed by atoms with Crippen LogP contribution in [0.4, 0.5) is 0 Å². The predicted octanol–water partition coefficient (Wildman–Crippen LogP) is 2.84. The van der Waals surface area contributed by atoms with Crippen molar-refractivity contribution >= 4 is 11.8 Å². The highest BCUT2D eigenvalue weighted by molar-refractivity contribution is 7.99. The molecule has 6 heteroatoms. The number of benzene rings is 2. The highest BCUT2D eigenvalue weighted by atomic mass is 32.2. The van der Waals surface area contributed by atoms with E-state index < -0.39 is 29.9 Å². The van der Waals surface area contributed by atoms with Crippen molar-refractivity contribution in [3.05, 3.63) is 60.2 Å². The zero-order chi connectivity index (χ0) is 18.5. The van der Waals surface area contributed by atoms with Crippen molar-refractivity contribution in [1.29, 1.82) is 0 Å². The molecule has 0 bridgehead atoms. The summed E-state index contributed by atoms with van der Waals surface area (Å²) in [6.45, 7) is 2.06. The van der Waals surface area contributed by atoms with Crippen molar-refractivity contribution in [2.75, 3.05) is 7.11 Å². The van der Waals surface area contributed by atoms with Crippen LogP contribution in [-0.4, -0.2) is 47.2 Å². The quantitative estimate of drug-likeness (QED) is 0.808. The summed E-state index contributed by atoms with van der Waals surface area (Å²) in [6.07, 6.45) is -3.11. The maximum absolute atomic E-state index is 10.5.